The van der Waals surface area contributed by atoms with Gasteiger partial charge >= 0.3 is 0 Å². The maximum absolute atomic E-state index is 13.5. The van der Waals surface area contributed by atoms with Crippen molar-refractivity contribution in [2.24, 2.45) is 5.92 Å². The highest BCUT2D eigenvalue weighted by Crippen LogP contribution is 2.44. The van der Waals surface area contributed by atoms with Gasteiger partial charge in [-0.15, -0.1) is 0 Å². The summed E-state index contributed by atoms with van der Waals surface area (Å²) in [4.78, 5) is 28.5. The SMILES string of the molecule is CCN(CC)c1ccc(C2c3c([nH][nH]c3=O)CC(C)(O)C2C(=O)Nc2ccccc2)cc1. The first-order chi connectivity index (χ1) is 15.4. The average molecular weight is 435 g/mol. The molecule has 1 amide bonds. The molecule has 3 atom stereocenters. The van der Waals surface area contributed by atoms with Crippen LogP contribution < -0.4 is 15.8 Å². The largest absolute Gasteiger partial charge is 0.389 e. The summed E-state index contributed by atoms with van der Waals surface area (Å²) in [6.07, 6.45) is 0.183. The molecule has 3 unspecified atom stereocenters. The van der Waals surface area contributed by atoms with E-state index in [1.165, 1.54) is 0 Å². The number of benzene rings is 2. The number of H-pyrrole nitrogens is 2. The number of nitrogens with zero attached hydrogens (tertiary/aromatic N) is 1. The zero-order valence-electron chi connectivity index (χ0n) is 18.7. The Hall–Kier alpha value is -3.32. The van der Waals surface area contributed by atoms with E-state index in [-0.39, 0.29) is 17.9 Å². The number of amides is 1. The Morgan fingerprint density at radius 1 is 1.09 bits per heavy atom. The van der Waals surface area contributed by atoms with Gasteiger partial charge in [-0.1, -0.05) is 30.3 Å². The van der Waals surface area contributed by atoms with Crippen molar-refractivity contribution < 1.29 is 9.90 Å². The Bertz CT molecular complexity index is 1130. The highest BCUT2D eigenvalue weighted by Gasteiger charge is 2.50. The number of fused-ring (bicyclic) bond motifs is 1. The number of anilines is 2. The standard InChI is InChI=1S/C25H30N4O3/c1-4-29(5-2)18-13-11-16(12-14-18)20-21-19(27-28-23(21)30)15-25(3,32)22(20)24(31)26-17-9-7-6-8-10-17/h6-14,20,22,32H,4-5,15H2,1-3H3,(H,26,31)(H2,27,28,30). The van der Waals surface area contributed by atoms with Gasteiger partial charge in [-0.2, -0.15) is 0 Å². The van der Waals surface area contributed by atoms with E-state index in [1.54, 1.807) is 19.1 Å². The second-order valence-corrected chi connectivity index (χ2v) is 8.58. The molecular weight excluding hydrogens is 404 g/mol. The second kappa shape index (κ2) is 8.67. The number of carbonyl (C=O) groups excluding carboxylic acids is 1. The monoisotopic (exact) mass is 434 g/mol. The molecule has 0 bridgehead atoms. The van der Waals surface area contributed by atoms with Crippen LogP contribution in [0.5, 0.6) is 0 Å². The van der Waals surface area contributed by atoms with Crippen molar-refractivity contribution in [1.29, 1.82) is 0 Å². The summed E-state index contributed by atoms with van der Waals surface area (Å²) in [7, 11) is 0. The van der Waals surface area contributed by atoms with Gasteiger partial charge in [-0.3, -0.25) is 14.7 Å². The number of aliphatic hydroxyl groups is 1. The molecule has 0 saturated carbocycles. The number of hydrogen-bond acceptors (Lipinski definition) is 4. The highest BCUT2D eigenvalue weighted by atomic mass is 16.3. The van der Waals surface area contributed by atoms with Crippen LogP contribution in [0.4, 0.5) is 11.4 Å². The molecule has 0 aliphatic heterocycles. The maximum atomic E-state index is 13.5. The third kappa shape index (κ3) is 3.96. The predicted molar refractivity (Wildman–Crippen MR) is 126 cm³/mol. The molecule has 32 heavy (non-hydrogen) atoms. The van der Waals surface area contributed by atoms with E-state index >= 15 is 0 Å². The van der Waals surface area contributed by atoms with Gasteiger partial charge in [0.15, 0.2) is 0 Å². The molecule has 1 aromatic heterocycles. The number of para-hydroxylation sites is 1. The van der Waals surface area contributed by atoms with Crippen LogP contribution in [0.2, 0.25) is 0 Å². The van der Waals surface area contributed by atoms with Gasteiger partial charge in [0.05, 0.1) is 11.5 Å². The molecular formula is C25H30N4O3. The smallest absolute Gasteiger partial charge is 0.267 e. The van der Waals surface area contributed by atoms with E-state index in [0.717, 1.165) is 24.3 Å². The molecule has 1 heterocycles. The lowest BCUT2D eigenvalue weighted by molar-refractivity contribution is -0.130. The van der Waals surface area contributed by atoms with Crippen LogP contribution >= 0.6 is 0 Å². The van der Waals surface area contributed by atoms with Gasteiger partial charge in [0.1, 0.15) is 0 Å². The van der Waals surface area contributed by atoms with Crippen LogP contribution in [0.3, 0.4) is 0 Å². The van der Waals surface area contributed by atoms with Crippen molar-refractivity contribution in [2.75, 3.05) is 23.3 Å². The zero-order chi connectivity index (χ0) is 22.9. The van der Waals surface area contributed by atoms with Gasteiger partial charge < -0.3 is 20.4 Å². The Balaban J connectivity index is 1.78. The Labute approximate surface area is 187 Å². The van der Waals surface area contributed by atoms with Crippen molar-refractivity contribution in [1.82, 2.24) is 10.2 Å². The minimum atomic E-state index is -1.35. The number of aromatic amines is 2. The van der Waals surface area contributed by atoms with E-state index in [9.17, 15) is 14.7 Å². The van der Waals surface area contributed by atoms with Crippen LogP contribution in [0.25, 0.3) is 0 Å². The molecule has 0 spiro atoms. The average Bonchev–Trinajstić information content (AvgIpc) is 3.13. The summed E-state index contributed by atoms with van der Waals surface area (Å²) in [5.74, 6) is -1.74. The van der Waals surface area contributed by atoms with Crippen molar-refractivity contribution >= 4 is 17.3 Å². The molecule has 0 radical (unpaired) electrons. The van der Waals surface area contributed by atoms with Crippen LogP contribution in [-0.2, 0) is 11.2 Å². The van der Waals surface area contributed by atoms with Crippen molar-refractivity contribution in [2.45, 2.75) is 38.7 Å². The lowest BCUT2D eigenvalue weighted by atomic mass is 9.66. The summed E-state index contributed by atoms with van der Waals surface area (Å²) in [6.45, 7) is 7.64. The fourth-order valence-corrected chi connectivity index (χ4v) is 4.88. The minimum absolute atomic E-state index is 0.183. The number of carbonyl (C=O) groups is 1. The molecule has 2 aromatic carbocycles. The topological polar surface area (TPSA) is 101 Å². The first-order valence-electron chi connectivity index (χ1n) is 11.1. The zero-order valence-corrected chi connectivity index (χ0v) is 18.7. The fourth-order valence-electron chi connectivity index (χ4n) is 4.88. The molecule has 7 heteroatoms. The molecule has 3 aromatic rings. The van der Waals surface area contributed by atoms with E-state index in [0.29, 0.717) is 16.9 Å². The molecule has 1 aliphatic carbocycles. The Morgan fingerprint density at radius 3 is 2.38 bits per heavy atom. The summed E-state index contributed by atoms with van der Waals surface area (Å²) in [5.41, 5.74) is 2.10. The van der Waals surface area contributed by atoms with Crippen LogP contribution in [0, 0.1) is 5.92 Å². The van der Waals surface area contributed by atoms with Gasteiger partial charge in [0.25, 0.3) is 5.56 Å². The van der Waals surface area contributed by atoms with E-state index < -0.39 is 17.4 Å². The van der Waals surface area contributed by atoms with E-state index in [1.807, 2.05) is 42.5 Å². The Morgan fingerprint density at radius 2 is 1.75 bits per heavy atom. The highest BCUT2D eigenvalue weighted by molar-refractivity contribution is 5.94. The number of rotatable bonds is 6. The summed E-state index contributed by atoms with van der Waals surface area (Å²) < 4.78 is 0. The third-order valence-corrected chi connectivity index (χ3v) is 6.45. The lowest BCUT2D eigenvalue weighted by Crippen LogP contribution is -2.51. The molecule has 7 nitrogen and oxygen atoms in total. The molecule has 4 rings (SSSR count). The number of hydrogen-bond donors (Lipinski definition) is 4. The van der Waals surface area contributed by atoms with Gasteiger partial charge in [-0.05, 0) is 50.6 Å². The van der Waals surface area contributed by atoms with Crippen molar-refractivity contribution in [3.63, 3.8) is 0 Å². The molecule has 1 aliphatic rings. The molecule has 0 saturated heterocycles. The van der Waals surface area contributed by atoms with Crippen LogP contribution in [0.15, 0.2) is 59.4 Å². The Kier molecular flexibility index (Phi) is 5.93. The number of nitrogens with one attached hydrogen (secondary N) is 3. The molecule has 4 N–H and O–H groups in total. The van der Waals surface area contributed by atoms with Gasteiger partial charge in [-0.25, -0.2) is 0 Å². The quantitative estimate of drug-likeness (QED) is 0.478. The normalized spacial score (nSPS) is 22.2. The third-order valence-electron chi connectivity index (χ3n) is 6.45. The first-order valence-corrected chi connectivity index (χ1v) is 11.1. The summed E-state index contributed by atoms with van der Waals surface area (Å²) in [5, 5.41) is 19.9. The number of aromatic nitrogens is 2. The summed E-state index contributed by atoms with van der Waals surface area (Å²) >= 11 is 0. The first kappa shape index (κ1) is 21.9. The van der Waals surface area contributed by atoms with E-state index in [4.69, 9.17) is 0 Å². The van der Waals surface area contributed by atoms with Crippen LogP contribution in [-0.4, -0.2) is 39.9 Å². The van der Waals surface area contributed by atoms with Crippen molar-refractivity contribution in [3.05, 3.63) is 81.8 Å². The summed E-state index contributed by atoms with van der Waals surface area (Å²) in [6, 6.07) is 17.1. The second-order valence-electron chi connectivity index (χ2n) is 8.58. The van der Waals surface area contributed by atoms with Crippen molar-refractivity contribution in [3.8, 4) is 0 Å². The van der Waals surface area contributed by atoms with Gasteiger partial charge in [0, 0.05) is 48.1 Å². The fraction of sp³-hybridized carbons (Fsp3) is 0.360. The van der Waals surface area contributed by atoms with E-state index in [2.05, 4.69) is 34.3 Å². The van der Waals surface area contributed by atoms with Crippen LogP contribution in [0.1, 0.15) is 43.5 Å². The predicted octanol–water partition coefficient (Wildman–Crippen LogP) is 3.24. The minimum Gasteiger partial charge on any atom is -0.389 e. The molecule has 168 valence electrons. The maximum Gasteiger partial charge on any atom is 0.267 e. The molecule has 0 fully saturated rings. The lowest BCUT2D eigenvalue weighted by Gasteiger charge is -2.41. The van der Waals surface area contributed by atoms with Gasteiger partial charge in [0.2, 0.25) is 5.91 Å².